The summed E-state index contributed by atoms with van der Waals surface area (Å²) in [6.45, 7) is 4.32. The number of ether oxygens (including phenoxy) is 2. The van der Waals surface area contributed by atoms with Crippen molar-refractivity contribution in [2.45, 2.75) is 24.0 Å². The van der Waals surface area contributed by atoms with E-state index in [9.17, 15) is 21.6 Å². The van der Waals surface area contributed by atoms with Gasteiger partial charge in [-0.3, -0.25) is 0 Å². The summed E-state index contributed by atoms with van der Waals surface area (Å²) in [4.78, 5) is 6.08. The summed E-state index contributed by atoms with van der Waals surface area (Å²) in [7, 11) is -2.53. The normalized spacial score (nSPS) is 13.3. The molecule has 3 aromatic carbocycles. The number of aromatic nitrogens is 1. The number of halogens is 3. The number of allylic oxidation sites excluding steroid dienone is 1. The number of hydrogen-bond acceptors (Lipinski definition) is 7. The van der Waals surface area contributed by atoms with Crippen LogP contribution in [0.15, 0.2) is 89.8 Å². The molecule has 0 spiro atoms. The van der Waals surface area contributed by atoms with Crippen LogP contribution in [0.1, 0.15) is 16.7 Å². The molecule has 1 aromatic heterocycles. The van der Waals surface area contributed by atoms with Gasteiger partial charge in [-0.1, -0.05) is 18.2 Å². The fourth-order valence-electron chi connectivity index (χ4n) is 4.57. The van der Waals surface area contributed by atoms with Crippen LogP contribution in [0.3, 0.4) is 0 Å². The summed E-state index contributed by atoms with van der Waals surface area (Å²) in [5.74, 6) is 0.961. The van der Waals surface area contributed by atoms with Gasteiger partial charge in [-0.05, 0) is 60.0 Å². The maximum absolute atomic E-state index is 13.9. The number of nitrogens with zero attached hydrogens (tertiary/aromatic N) is 3. The zero-order chi connectivity index (χ0) is 29.2. The first kappa shape index (κ1) is 28.5. The van der Waals surface area contributed by atoms with Gasteiger partial charge in [0.25, 0.3) is 10.0 Å². The Hall–Kier alpha value is -4.03. The number of sulfonamides is 1. The minimum Gasteiger partial charge on any atom is -0.497 e. The lowest BCUT2D eigenvalue weighted by atomic mass is 10.0. The minimum absolute atomic E-state index is 0.000506. The zero-order valence-corrected chi connectivity index (χ0v) is 23.6. The van der Waals surface area contributed by atoms with Gasteiger partial charge in [-0.2, -0.15) is 13.2 Å². The van der Waals surface area contributed by atoms with E-state index >= 15 is 0 Å². The van der Waals surface area contributed by atoms with Gasteiger partial charge in [0, 0.05) is 23.3 Å². The van der Waals surface area contributed by atoms with E-state index in [2.05, 4.69) is 11.6 Å². The Morgan fingerprint density at radius 1 is 1.12 bits per heavy atom. The molecule has 0 aliphatic carbocycles. The number of hydrogen-bond donors (Lipinski definition) is 0. The molecule has 1 aliphatic rings. The maximum atomic E-state index is 13.9. The average Bonchev–Trinajstić information content (AvgIpc) is 3.50. The van der Waals surface area contributed by atoms with Crippen LogP contribution in [-0.4, -0.2) is 33.7 Å². The zero-order valence-electron chi connectivity index (χ0n) is 22.0. The molecular weight excluding hydrogens is 575 g/mol. The van der Waals surface area contributed by atoms with Crippen molar-refractivity contribution in [2.24, 2.45) is 0 Å². The summed E-state index contributed by atoms with van der Waals surface area (Å²) in [5, 5.41) is 2.00. The third-order valence-electron chi connectivity index (χ3n) is 6.56. The number of thiazole rings is 1. The third kappa shape index (κ3) is 5.89. The highest BCUT2D eigenvalue weighted by Gasteiger charge is 2.33. The fourth-order valence-corrected chi connectivity index (χ4v) is 6.87. The van der Waals surface area contributed by atoms with Gasteiger partial charge < -0.3 is 14.4 Å². The van der Waals surface area contributed by atoms with Crippen LogP contribution in [0.25, 0.3) is 0 Å². The smallest absolute Gasteiger partial charge is 0.416 e. The highest BCUT2D eigenvalue weighted by atomic mass is 32.2. The molecule has 12 heteroatoms. The van der Waals surface area contributed by atoms with Crippen molar-refractivity contribution in [1.29, 1.82) is 0 Å². The molecule has 0 radical (unpaired) electrons. The van der Waals surface area contributed by atoms with E-state index < -0.39 is 21.8 Å². The Kier molecular flexibility index (Phi) is 7.96. The van der Waals surface area contributed by atoms with Gasteiger partial charge in [-0.25, -0.2) is 17.7 Å². The SMILES string of the molecule is C=CCc1cc(C(F)(F)F)ccc1N1CCOc2cc(S(=O)(=O)N(Cc3ccc(OC)cc3)c3nccs3)ccc21. The Bertz CT molecular complexity index is 1640. The highest BCUT2D eigenvalue weighted by molar-refractivity contribution is 7.93. The fraction of sp³-hybridized carbons (Fsp3) is 0.207. The van der Waals surface area contributed by atoms with E-state index in [0.717, 1.165) is 17.7 Å². The van der Waals surface area contributed by atoms with E-state index in [1.165, 1.54) is 40.0 Å². The summed E-state index contributed by atoms with van der Waals surface area (Å²) < 4.78 is 80.3. The molecule has 1 aliphatic heterocycles. The summed E-state index contributed by atoms with van der Waals surface area (Å²) in [6.07, 6.45) is -1.16. The van der Waals surface area contributed by atoms with E-state index in [1.807, 2.05) is 4.90 Å². The largest absolute Gasteiger partial charge is 0.497 e. The summed E-state index contributed by atoms with van der Waals surface area (Å²) in [6, 6.07) is 15.2. The van der Waals surface area contributed by atoms with E-state index in [4.69, 9.17) is 9.47 Å². The van der Waals surface area contributed by atoms with Crippen LogP contribution in [-0.2, 0) is 29.2 Å². The molecule has 41 heavy (non-hydrogen) atoms. The molecule has 2 heterocycles. The molecule has 5 rings (SSSR count). The third-order valence-corrected chi connectivity index (χ3v) is 9.20. The first-order valence-electron chi connectivity index (χ1n) is 12.5. The van der Waals surface area contributed by atoms with Crippen LogP contribution in [0, 0.1) is 0 Å². The van der Waals surface area contributed by atoms with Crippen LogP contribution in [0.5, 0.6) is 11.5 Å². The van der Waals surface area contributed by atoms with Crippen LogP contribution in [0.2, 0.25) is 0 Å². The molecule has 0 N–H and O–H groups in total. The summed E-state index contributed by atoms with van der Waals surface area (Å²) >= 11 is 1.20. The van der Waals surface area contributed by atoms with E-state index in [1.54, 1.807) is 48.9 Å². The van der Waals surface area contributed by atoms with Crippen molar-refractivity contribution in [2.75, 3.05) is 29.5 Å². The lowest BCUT2D eigenvalue weighted by Gasteiger charge is -2.33. The quantitative estimate of drug-likeness (QED) is 0.196. The number of benzene rings is 3. The molecule has 7 nitrogen and oxygen atoms in total. The van der Waals surface area contributed by atoms with Crippen LogP contribution in [0.4, 0.5) is 29.7 Å². The van der Waals surface area contributed by atoms with Gasteiger partial charge in [0.15, 0.2) is 5.13 Å². The molecule has 4 aromatic rings. The number of alkyl halides is 3. The number of anilines is 3. The lowest BCUT2D eigenvalue weighted by molar-refractivity contribution is -0.137. The lowest BCUT2D eigenvalue weighted by Crippen LogP contribution is -2.32. The second kappa shape index (κ2) is 11.5. The Labute approximate surface area is 240 Å². The second-order valence-corrected chi connectivity index (χ2v) is 11.9. The second-order valence-electron chi connectivity index (χ2n) is 9.14. The van der Waals surface area contributed by atoms with Gasteiger partial charge in [-0.15, -0.1) is 17.9 Å². The monoisotopic (exact) mass is 601 g/mol. The first-order valence-corrected chi connectivity index (χ1v) is 14.8. The van der Waals surface area contributed by atoms with Crippen LogP contribution < -0.4 is 18.7 Å². The number of methoxy groups -OCH3 is 1. The van der Waals surface area contributed by atoms with Crippen molar-refractivity contribution in [3.05, 3.63) is 102 Å². The predicted molar refractivity (Wildman–Crippen MR) is 153 cm³/mol. The maximum Gasteiger partial charge on any atom is 0.416 e. The first-order chi connectivity index (χ1) is 19.6. The van der Waals surface area contributed by atoms with Gasteiger partial charge in [0.2, 0.25) is 0 Å². The molecular formula is C29H26F3N3O4S2. The molecule has 214 valence electrons. The average molecular weight is 602 g/mol. The topological polar surface area (TPSA) is 72.0 Å². The molecule has 0 unspecified atom stereocenters. The van der Waals surface area contributed by atoms with Gasteiger partial charge >= 0.3 is 6.18 Å². The van der Waals surface area contributed by atoms with Crippen molar-refractivity contribution in [3.63, 3.8) is 0 Å². The Morgan fingerprint density at radius 2 is 1.88 bits per heavy atom. The van der Waals surface area contributed by atoms with Crippen molar-refractivity contribution < 1.29 is 31.1 Å². The Morgan fingerprint density at radius 3 is 2.54 bits per heavy atom. The predicted octanol–water partition coefficient (Wildman–Crippen LogP) is 6.83. The summed E-state index contributed by atoms with van der Waals surface area (Å²) in [5.41, 5.74) is 1.57. The molecule has 0 bridgehead atoms. The molecule has 0 saturated heterocycles. The standard InChI is InChI=1S/C29H26F3N3O4S2/c1-3-4-21-17-22(29(30,31)32)7-11-25(21)34-14-15-39-27-18-24(10-12-26(27)34)41(36,37)35(28-33-13-16-40-28)19-20-5-8-23(38-2)9-6-20/h3,5-13,16-18H,1,4,14-15,19H2,2H3. The van der Waals surface area contributed by atoms with E-state index in [-0.39, 0.29) is 24.5 Å². The van der Waals surface area contributed by atoms with Crippen LogP contribution >= 0.6 is 11.3 Å². The molecule has 0 amide bonds. The molecule has 0 atom stereocenters. The van der Waals surface area contributed by atoms with Gasteiger partial charge in [0.05, 0.1) is 36.3 Å². The Balaban J connectivity index is 1.51. The van der Waals surface area contributed by atoms with Crippen molar-refractivity contribution in [3.8, 4) is 11.5 Å². The molecule has 0 fully saturated rings. The van der Waals surface area contributed by atoms with Gasteiger partial charge in [0.1, 0.15) is 18.1 Å². The molecule has 0 saturated carbocycles. The number of fused-ring (bicyclic) bond motifs is 1. The number of rotatable bonds is 9. The van der Waals surface area contributed by atoms with Crippen molar-refractivity contribution >= 4 is 37.9 Å². The highest BCUT2D eigenvalue weighted by Crippen LogP contribution is 2.42. The van der Waals surface area contributed by atoms with E-state index in [0.29, 0.717) is 40.1 Å². The van der Waals surface area contributed by atoms with Crippen molar-refractivity contribution in [1.82, 2.24) is 4.98 Å². The minimum atomic E-state index is -4.48.